The van der Waals surface area contributed by atoms with Crippen molar-refractivity contribution in [3.05, 3.63) is 59.7 Å². The van der Waals surface area contributed by atoms with Crippen LogP contribution in [0.3, 0.4) is 0 Å². The van der Waals surface area contributed by atoms with Gasteiger partial charge in [-0.25, -0.2) is 0 Å². The van der Waals surface area contributed by atoms with Gasteiger partial charge in [-0.05, 0) is 30.2 Å². The van der Waals surface area contributed by atoms with E-state index in [2.05, 4.69) is 5.32 Å². The van der Waals surface area contributed by atoms with Crippen LogP contribution in [0.25, 0.3) is 0 Å². The van der Waals surface area contributed by atoms with Crippen molar-refractivity contribution in [2.45, 2.75) is 18.8 Å². The Balaban J connectivity index is 1.79. The molecule has 2 aromatic carbocycles. The molecule has 1 heterocycles. The number of carboxylic acid groups (broad SMARTS) is 1. The zero-order valence-corrected chi connectivity index (χ0v) is 13.8. The van der Waals surface area contributed by atoms with E-state index in [1.54, 1.807) is 49.4 Å². The number of carboxylic acids is 1. The highest BCUT2D eigenvalue weighted by Gasteiger charge is 2.39. The predicted molar refractivity (Wildman–Crippen MR) is 90.9 cm³/mol. The topological polar surface area (TPSA) is 84.9 Å². The van der Waals surface area contributed by atoms with Gasteiger partial charge in [0.1, 0.15) is 5.41 Å². The van der Waals surface area contributed by atoms with Crippen molar-refractivity contribution in [2.75, 3.05) is 13.3 Å². The molecule has 0 aliphatic carbocycles. The first-order chi connectivity index (χ1) is 12.1. The normalized spacial score (nSPS) is 14.6. The van der Waals surface area contributed by atoms with Crippen LogP contribution >= 0.6 is 0 Å². The van der Waals surface area contributed by atoms with Crippen molar-refractivity contribution in [1.29, 1.82) is 0 Å². The lowest BCUT2D eigenvalue weighted by Gasteiger charge is -2.29. The number of ether oxygens (including phenoxy) is 2. The van der Waals surface area contributed by atoms with Crippen LogP contribution in [0.2, 0.25) is 0 Å². The molecular formula is C19H19NO5. The molecule has 6 heteroatoms. The van der Waals surface area contributed by atoms with E-state index in [1.807, 2.05) is 6.07 Å². The molecule has 0 aromatic heterocycles. The quantitative estimate of drug-likeness (QED) is 0.843. The molecule has 1 atom stereocenters. The van der Waals surface area contributed by atoms with Gasteiger partial charge in [0.15, 0.2) is 11.5 Å². The molecule has 0 bridgehead atoms. The van der Waals surface area contributed by atoms with E-state index in [4.69, 9.17) is 9.47 Å². The van der Waals surface area contributed by atoms with Gasteiger partial charge in [-0.15, -0.1) is 0 Å². The Labute approximate surface area is 145 Å². The fraction of sp³-hybridized carbons (Fsp3) is 0.263. The van der Waals surface area contributed by atoms with Crippen molar-refractivity contribution >= 4 is 11.9 Å². The van der Waals surface area contributed by atoms with Gasteiger partial charge in [0.05, 0.1) is 0 Å². The largest absolute Gasteiger partial charge is 0.481 e. The van der Waals surface area contributed by atoms with Gasteiger partial charge < -0.3 is 19.9 Å². The highest BCUT2D eigenvalue weighted by molar-refractivity contribution is 5.95. The van der Waals surface area contributed by atoms with Gasteiger partial charge in [-0.1, -0.05) is 37.3 Å². The highest BCUT2D eigenvalue weighted by atomic mass is 16.7. The minimum Gasteiger partial charge on any atom is -0.481 e. The Morgan fingerprint density at radius 2 is 1.84 bits per heavy atom. The van der Waals surface area contributed by atoms with Crippen LogP contribution in [-0.4, -0.2) is 30.3 Å². The Morgan fingerprint density at radius 3 is 2.52 bits per heavy atom. The third kappa shape index (κ3) is 3.15. The smallest absolute Gasteiger partial charge is 0.315 e. The van der Waals surface area contributed by atoms with Gasteiger partial charge in [-0.2, -0.15) is 0 Å². The zero-order chi connectivity index (χ0) is 17.9. The number of fused-ring (bicyclic) bond motifs is 1. The number of aliphatic carboxylic acids is 1. The van der Waals surface area contributed by atoms with Crippen molar-refractivity contribution in [3.63, 3.8) is 0 Å². The second kappa shape index (κ2) is 6.84. The van der Waals surface area contributed by atoms with Crippen molar-refractivity contribution in [3.8, 4) is 11.5 Å². The van der Waals surface area contributed by atoms with Gasteiger partial charge >= 0.3 is 5.97 Å². The number of hydrogen-bond acceptors (Lipinski definition) is 4. The molecule has 0 saturated heterocycles. The number of hydrogen-bond donors (Lipinski definition) is 2. The van der Waals surface area contributed by atoms with Gasteiger partial charge in [0, 0.05) is 12.1 Å². The molecule has 1 unspecified atom stereocenters. The second-order valence-electron chi connectivity index (χ2n) is 5.86. The maximum atomic E-state index is 12.5. The minimum atomic E-state index is -1.17. The molecule has 2 aromatic rings. The molecule has 2 N–H and O–H groups in total. The van der Waals surface area contributed by atoms with Crippen LogP contribution < -0.4 is 14.8 Å². The lowest BCUT2D eigenvalue weighted by molar-refractivity contribution is -0.143. The van der Waals surface area contributed by atoms with E-state index in [-0.39, 0.29) is 19.2 Å². The summed E-state index contributed by atoms with van der Waals surface area (Å²) in [6.45, 7) is 1.93. The van der Waals surface area contributed by atoms with Gasteiger partial charge in [0.2, 0.25) is 6.79 Å². The molecule has 1 aliphatic heterocycles. The molecule has 25 heavy (non-hydrogen) atoms. The lowest BCUT2D eigenvalue weighted by Crippen LogP contribution is -2.46. The summed E-state index contributed by atoms with van der Waals surface area (Å²) in [7, 11) is 0. The SMILES string of the molecule is CCC(CNC(=O)c1ccc2c(c1)OCO2)(C(=O)O)c1ccccc1. The first-order valence-corrected chi connectivity index (χ1v) is 8.03. The molecular weight excluding hydrogens is 322 g/mol. The van der Waals surface area contributed by atoms with Crippen molar-refractivity contribution < 1.29 is 24.2 Å². The van der Waals surface area contributed by atoms with E-state index >= 15 is 0 Å². The van der Waals surface area contributed by atoms with Gasteiger partial charge in [0.25, 0.3) is 5.91 Å². The Kier molecular flexibility index (Phi) is 4.61. The fourth-order valence-corrected chi connectivity index (χ4v) is 2.91. The molecule has 0 saturated carbocycles. The summed E-state index contributed by atoms with van der Waals surface area (Å²) in [6.07, 6.45) is 0.355. The van der Waals surface area contributed by atoms with E-state index in [1.165, 1.54) is 0 Å². The maximum absolute atomic E-state index is 12.5. The third-order valence-electron chi connectivity index (χ3n) is 4.52. The molecule has 0 spiro atoms. The number of benzene rings is 2. The van der Waals surface area contributed by atoms with Crippen molar-refractivity contribution in [1.82, 2.24) is 5.32 Å². The van der Waals surface area contributed by atoms with E-state index in [9.17, 15) is 14.7 Å². The Bertz CT molecular complexity index is 790. The number of carbonyl (C=O) groups is 2. The third-order valence-corrected chi connectivity index (χ3v) is 4.52. The molecule has 6 nitrogen and oxygen atoms in total. The summed E-state index contributed by atoms with van der Waals surface area (Å²) >= 11 is 0. The summed E-state index contributed by atoms with van der Waals surface area (Å²) in [6, 6.07) is 13.8. The first-order valence-electron chi connectivity index (χ1n) is 8.03. The first kappa shape index (κ1) is 16.8. The molecule has 0 radical (unpaired) electrons. The summed E-state index contributed by atoms with van der Waals surface area (Å²) in [4.78, 5) is 24.4. The van der Waals surface area contributed by atoms with E-state index in [0.29, 0.717) is 29.0 Å². The molecule has 1 amide bonds. The lowest BCUT2D eigenvalue weighted by atomic mass is 9.78. The van der Waals surface area contributed by atoms with Crippen LogP contribution in [0, 0.1) is 0 Å². The second-order valence-corrected chi connectivity index (χ2v) is 5.86. The molecule has 3 rings (SSSR count). The highest BCUT2D eigenvalue weighted by Crippen LogP contribution is 2.33. The van der Waals surface area contributed by atoms with Crippen LogP contribution in [0.1, 0.15) is 29.3 Å². The van der Waals surface area contributed by atoms with Crippen LogP contribution in [0.15, 0.2) is 48.5 Å². The number of amides is 1. The van der Waals surface area contributed by atoms with E-state index in [0.717, 1.165) is 0 Å². The Morgan fingerprint density at radius 1 is 1.12 bits per heavy atom. The summed E-state index contributed by atoms with van der Waals surface area (Å²) in [5.41, 5.74) is -0.114. The molecule has 130 valence electrons. The summed E-state index contributed by atoms with van der Waals surface area (Å²) < 4.78 is 10.5. The number of rotatable bonds is 6. The zero-order valence-electron chi connectivity index (χ0n) is 13.8. The minimum absolute atomic E-state index is 0.00385. The van der Waals surface area contributed by atoms with Crippen LogP contribution in [0.4, 0.5) is 0 Å². The number of carbonyl (C=O) groups excluding carboxylic acids is 1. The average molecular weight is 341 g/mol. The summed E-state index contributed by atoms with van der Waals surface area (Å²) in [5, 5.41) is 12.5. The van der Waals surface area contributed by atoms with Gasteiger partial charge in [-0.3, -0.25) is 9.59 Å². The van der Waals surface area contributed by atoms with Crippen LogP contribution in [0.5, 0.6) is 11.5 Å². The molecule has 1 aliphatic rings. The molecule has 0 fully saturated rings. The van der Waals surface area contributed by atoms with E-state index < -0.39 is 11.4 Å². The fourth-order valence-electron chi connectivity index (χ4n) is 2.91. The van der Waals surface area contributed by atoms with Crippen LogP contribution in [-0.2, 0) is 10.2 Å². The average Bonchev–Trinajstić information content (AvgIpc) is 3.10. The Hall–Kier alpha value is -3.02. The predicted octanol–water partition coefficient (Wildman–Crippen LogP) is 2.58. The summed E-state index contributed by atoms with van der Waals surface area (Å²) in [5.74, 6) is -0.217. The monoisotopic (exact) mass is 341 g/mol. The maximum Gasteiger partial charge on any atom is 0.315 e. The standard InChI is InChI=1S/C19H19NO5/c1-2-19(18(22)23,14-6-4-3-5-7-14)11-20-17(21)13-8-9-15-16(10-13)25-12-24-15/h3-10H,2,11-12H2,1H3,(H,20,21)(H,22,23). The van der Waals surface area contributed by atoms with Crippen molar-refractivity contribution in [2.24, 2.45) is 0 Å². The number of nitrogens with one attached hydrogen (secondary N) is 1.